The van der Waals surface area contributed by atoms with Crippen LogP contribution in [0.3, 0.4) is 0 Å². The number of rotatable bonds is 5. The second kappa shape index (κ2) is 7.05. The van der Waals surface area contributed by atoms with Crippen LogP contribution in [0.1, 0.15) is 35.6 Å². The zero-order chi connectivity index (χ0) is 18.0. The Morgan fingerprint density at radius 1 is 1.36 bits per heavy atom. The smallest absolute Gasteiger partial charge is 0.217 e. The molecule has 1 unspecified atom stereocenters. The number of nitrogens with zero attached hydrogens (tertiary/aromatic N) is 4. The molecule has 0 spiro atoms. The van der Waals surface area contributed by atoms with Crippen molar-refractivity contribution in [2.75, 3.05) is 25.1 Å². The van der Waals surface area contributed by atoms with E-state index in [1.54, 1.807) is 25.4 Å². The van der Waals surface area contributed by atoms with Gasteiger partial charge in [0.15, 0.2) is 5.82 Å². The van der Waals surface area contributed by atoms with E-state index >= 15 is 0 Å². The predicted molar refractivity (Wildman–Crippen MR) is 96.7 cm³/mol. The molecule has 1 atom stereocenters. The number of nitrogens with one attached hydrogen (secondary N) is 1. The number of aryl methyl sites for hydroxylation is 2. The summed E-state index contributed by atoms with van der Waals surface area (Å²) in [5.41, 5.74) is 1.41. The monoisotopic (exact) mass is 361 g/mol. The maximum absolute atomic E-state index is 11.8. The Hall–Kier alpha value is -2.06. The third-order valence-corrected chi connectivity index (χ3v) is 5.36. The van der Waals surface area contributed by atoms with Crippen molar-refractivity contribution in [3.63, 3.8) is 0 Å². The highest BCUT2D eigenvalue weighted by atomic mass is 32.1. The number of hydrogen-bond donors (Lipinski definition) is 1. The molecular formula is C17H23N5O2S. The fraction of sp³-hybridized carbons (Fsp3) is 0.529. The second-order valence-electron chi connectivity index (χ2n) is 6.45. The molecule has 7 nitrogen and oxygen atoms in total. The van der Waals surface area contributed by atoms with Crippen molar-refractivity contribution in [3.05, 3.63) is 33.7 Å². The molecule has 0 saturated carbocycles. The summed E-state index contributed by atoms with van der Waals surface area (Å²) in [6, 6.07) is 1.97. The summed E-state index contributed by atoms with van der Waals surface area (Å²) in [6.45, 7) is 7.29. The molecular weight excluding hydrogens is 338 g/mol. The number of thiazole rings is 1. The highest BCUT2D eigenvalue weighted by Gasteiger charge is 2.43. The summed E-state index contributed by atoms with van der Waals surface area (Å²) in [6.07, 6.45) is 0.794. The third kappa shape index (κ3) is 3.80. The summed E-state index contributed by atoms with van der Waals surface area (Å²) in [4.78, 5) is 27.7. The van der Waals surface area contributed by atoms with E-state index in [9.17, 15) is 4.79 Å². The summed E-state index contributed by atoms with van der Waals surface area (Å²) in [5, 5.41) is 6.11. The molecule has 8 heteroatoms. The minimum atomic E-state index is -0.467. The first-order valence-corrected chi connectivity index (χ1v) is 9.09. The summed E-state index contributed by atoms with van der Waals surface area (Å²) >= 11 is 1.59. The van der Waals surface area contributed by atoms with Gasteiger partial charge in [0.2, 0.25) is 5.91 Å². The largest absolute Gasteiger partial charge is 0.377 e. The molecule has 3 heterocycles. The van der Waals surface area contributed by atoms with Gasteiger partial charge >= 0.3 is 0 Å². The Kier molecular flexibility index (Phi) is 5.01. The summed E-state index contributed by atoms with van der Waals surface area (Å²) < 4.78 is 5.16. The van der Waals surface area contributed by atoms with E-state index in [-0.39, 0.29) is 5.91 Å². The van der Waals surface area contributed by atoms with Crippen LogP contribution < -0.4 is 10.2 Å². The number of anilines is 1. The first-order chi connectivity index (χ1) is 11.9. The minimum absolute atomic E-state index is 0.0476. The van der Waals surface area contributed by atoms with E-state index in [2.05, 4.69) is 25.2 Å². The van der Waals surface area contributed by atoms with E-state index in [1.165, 1.54) is 0 Å². The van der Waals surface area contributed by atoms with E-state index < -0.39 is 5.54 Å². The molecule has 1 amide bonds. The molecule has 2 aromatic heterocycles. The van der Waals surface area contributed by atoms with Crippen molar-refractivity contribution in [3.8, 4) is 0 Å². The third-order valence-electron chi connectivity index (χ3n) is 4.20. The molecule has 0 radical (unpaired) electrons. The Balaban J connectivity index is 1.90. The number of carbonyl (C=O) groups excluding carboxylic acids is 1. The molecule has 25 heavy (non-hydrogen) atoms. The fourth-order valence-electron chi connectivity index (χ4n) is 3.21. The SMILES string of the molecule is COCc1nc(C)cc(N2CCC(NC(C)=O)(c3nc(C)cs3)C2)n1. The average Bonchev–Trinajstić information content (AvgIpc) is 3.14. The van der Waals surface area contributed by atoms with Crippen LogP contribution in [0.15, 0.2) is 11.4 Å². The summed E-state index contributed by atoms with van der Waals surface area (Å²) in [7, 11) is 1.63. The van der Waals surface area contributed by atoms with Crippen molar-refractivity contribution in [1.29, 1.82) is 0 Å². The van der Waals surface area contributed by atoms with Gasteiger partial charge in [-0.2, -0.15) is 0 Å². The number of methoxy groups -OCH3 is 1. The second-order valence-corrected chi connectivity index (χ2v) is 7.30. The zero-order valence-corrected chi connectivity index (χ0v) is 15.8. The van der Waals surface area contributed by atoms with Gasteiger partial charge in [0.1, 0.15) is 23.0 Å². The normalized spacial score (nSPS) is 20.1. The van der Waals surface area contributed by atoms with Crippen molar-refractivity contribution in [2.24, 2.45) is 0 Å². The van der Waals surface area contributed by atoms with Crippen LogP contribution in [0.4, 0.5) is 5.82 Å². The first-order valence-electron chi connectivity index (χ1n) is 8.22. The van der Waals surface area contributed by atoms with Gasteiger partial charge in [-0.1, -0.05) is 0 Å². The zero-order valence-electron chi connectivity index (χ0n) is 15.0. The lowest BCUT2D eigenvalue weighted by atomic mass is 9.99. The van der Waals surface area contributed by atoms with Gasteiger partial charge in [-0.05, 0) is 20.3 Å². The van der Waals surface area contributed by atoms with Crippen molar-refractivity contribution < 1.29 is 9.53 Å². The van der Waals surface area contributed by atoms with Crippen LogP contribution in [0.25, 0.3) is 0 Å². The lowest BCUT2D eigenvalue weighted by molar-refractivity contribution is -0.120. The van der Waals surface area contributed by atoms with E-state index in [1.807, 2.05) is 25.3 Å². The molecule has 1 saturated heterocycles. The first kappa shape index (κ1) is 17.8. The van der Waals surface area contributed by atoms with Gasteiger partial charge in [0, 0.05) is 50.0 Å². The van der Waals surface area contributed by atoms with Crippen LogP contribution >= 0.6 is 11.3 Å². The predicted octanol–water partition coefficient (Wildman–Crippen LogP) is 1.94. The van der Waals surface area contributed by atoms with E-state index in [0.717, 1.165) is 35.2 Å². The van der Waals surface area contributed by atoms with E-state index in [4.69, 9.17) is 4.74 Å². The van der Waals surface area contributed by atoms with Crippen LogP contribution in [-0.4, -0.2) is 41.1 Å². The van der Waals surface area contributed by atoms with Gasteiger partial charge in [0.25, 0.3) is 0 Å². The van der Waals surface area contributed by atoms with Gasteiger partial charge in [-0.3, -0.25) is 4.79 Å². The number of aromatic nitrogens is 3. The molecule has 0 aromatic carbocycles. The fourth-order valence-corrected chi connectivity index (χ4v) is 4.19. The Bertz CT molecular complexity index is 778. The van der Waals surface area contributed by atoms with Gasteiger partial charge < -0.3 is 15.0 Å². The standard InChI is InChI=1S/C17H23N5O2S/c1-11-7-15(20-14(18-11)8-24-4)22-6-5-17(10-22,21-13(3)23)16-19-12(2)9-25-16/h7,9H,5-6,8,10H2,1-4H3,(H,21,23). The Labute approximate surface area is 151 Å². The van der Waals surface area contributed by atoms with Crippen LogP contribution in [0, 0.1) is 13.8 Å². The minimum Gasteiger partial charge on any atom is -0.377 e. The topological polar surface area (TPSA) is 80.2 Å². The highest BCUT2D eigenvalue weighted by Crippen LogP contribution is 2.36. The molecule has 2 aromatic rings. The highest BCUT2D eigenvalue weighted by molar-refractivity contribution is 7.09. The van der Waals surface area contributed by atoms with Crippen LogP contribution in [0.5, 0.6) is 0 Å². The molecule has 3 rings (SSSR count). The quantitative estimate of drug-likeness (QED) is 0.877. The van der Waals surface area contributed by atoms with Gasteiger partial charge in [0.05, 0.1) is 0 Å². The molecule has 1 fully saturated rings. The van der Waals surface area contributed by atoms with Crippen LogP contribution in [0.2, 0.25) is 0 Å². The molecule has 0 bridgehead atoms. The van der Waals surface area contributed by atoms with Crippen molar-refractivity contribution >= 4 is 23.1 Å². The maximum Gasteiger partial charge on any atom is 0.217 e. The lowest BCUT2D eigenvalue weighted by Crippen LogP contribution is -2.47. The van der Waals surface area contributed by atoms with Crippen molar-refractivity contribution in [2.45, 2.75) is 39.3 Å². The molecule has 0 aliphatic carbocycles. The molecule has 134 valence electrons. The lowest BCUT2D eigenvalue weighted by Gasteiger charge is -2.28. The number of ether oxygens (including phenoxy) is 1. The Morgan fingerprint density at radius 2 is 2.16 bits per heavy atom. The number of hydrogen-bond acceptors (Lipinski definition) is 7. The average molecular weight is 361 g/mol. The molecule has 1 aliphatic rings. The van der Waals surface area contributed by atoms with Crippen LogP contribution in [-0.2, 0) is 21.7 Å². The van der Waals surface area contributed by atoms with Crippen molar-refractivity contribution in [1.82, 2.24) is 20.3 Å². The van der Waals surface area contributed by atoms with E-state index in [0.29, 0.717) is 19.0 Å². The number of amides is 1. The maximum atomic E-state index is 11.8. The van der Waals surface area contributed by atoms with Gasteiger partial charge in [-0.25, -0.2) is 15.0 Å². The molecule has 1 aliphatic heterocycles. The summed E-state index contributed by atoms with van der Waals surface area (Å²) in [5.74, 6) is 1.48. The Morgan fingerprint density at radius 3 is 2.80 bits per heavy atom. The number of carbonyl (C=O) groups is 1. The molecule has 1 N–H and O–H groups in total. The van der Waals surface area contributed by atoms with Gasteiger partial charge in [-0.15, -0.1) is 11.3 Å².